The summed E-state index contributed by atoms with van der Waals surface area (Å²) >= 11 is 0. The minimum atomic E-state index is 0.536. The van der Waals surface area contributed by atoms with E-state index in [1.165, 1.54) is 22.1 Å². The van der Waals surface area contributed by atoms with Crippen molar-refractivity contribution < 1.29 is 0 Å². The Morgan fingerprint density at radius 1 is 1.23 bits per heavy atom. The minimum Gasteiger partial charge on any atom is -0.353 e. The summed E-state index contributed by atoms with van der Waals surface area (Å²) in [6.45, 7) is 8.59. The highest BCUT2D eigenvalue weighted by molar-refractivity contribution is 5.97. The normalized spacial score (nSPS) is 18.5. The first kappa shape index (κ1) is 18.9. The van der Waals surface area contributed by atoms with E-state index >= 15 is 0 Å². The lowest BCUT2D eigenvalue weighted by Crippen LogP contribution is -2.29. The quantitative estimate of drug-likeness (QED) is 0.623. The van der Waals surface area contributed by atoms with Crippen LogP contribution < -0.4 is 15.9 Å². The van der Waals surface area contributed by atoms with E-state index in [9.17, 15) is 0 Å². The van der Waals surface area contributed by atoms with Crippen LogP contribution in [0.25, 0.3) is 40.0 Å². The molecule has 5 rings (SSSR count). The van der Waals surface area contributed by atoms with Gasteiger partial charge in [0.2, 0.25) is 0 Å². The number of aromatic amines is 2. The monoisotopic (exact) mass is 396 g/mol. The van der Waals surface area contributed by atoms with Crippen LogP contribution in [0.2, 0.25) is 0 Å². The Hall–Kier alpha value is -3.11. The van der Waals surface area contributed by atoms with Crippen LogP contribution in [0.1, 0.15) is 31.7 Å². The highest BCUT2D eigenvalue weighted by Gasteiger charge is 2.17. The lowest BCUT2D eigenvalue weighted by Gasteiger charge is -2.22. The number of piperidine rings is 1. The van der Waals surface area contributed by atoms with Gasteiger partial charge in [0.1, 0.15) is 5.69 Å². The van der Waals surface area contributed by atoms with E-state index in [4.69, 9.17) is 0 Å². The number of nitrogens with one attached hydrogen (secondary N) is 3. The largest absolute Gasteiger partial charge is 0.353 e. The third kappa shape index (κ3) is 3.37. The molecule has 3 aromatic rings. The smallest absolute Gasteiger partial charge is 0.116 e. The summed E-state index contributed by atoms with van der Waals surface area (Å²) in [6, 6.07) is 8.69. The fourth-order valence-corrected chi connectivity index (χ4v) is 4.62. The molecule has 0 atom stereocenters. The zero-order valence-electron chi connectivity index (χ0n) is 17.5. The van der Waals surface area contributed by atoms with Gasteiger partial charge in [-0.1, -0.05) is 48.6 Å². The number of rotatable bonds is 4. The fourth-order valence-electron chi connectivity index (χ4n) is 4.62. The Morgan fingerprint density at radius 2 is 2.10 bits per heavy atom. The van der Waals surface area contributed by atoms with Gasteiger partial charge in [0.25, 0.3) is 0 Å². The van der Waals surface area contributed by atoms with E-state index in [2.05, 4.69) is 81.7 Å². The fraction of sp³-hybridized carbons (Fsp3) is 0.269. The number of fused-ring (bicyclic) bond motifs is 1. The summed E-state index contributed by atoms with van der Waals surface area (Å²) in [5, 5.41) is 14.7. The number of benzene rings is 1. The van der Waals surface area contributed by atoms with E-state index in [1.807, 2.05) is 6.92 Å². The second-order valence-corrected chi connectivity index (χ2v) is 8.18. The number of allylic oxidation sites excluding steroid dienone is 5. The van der Waals surface area contributed by atoms with Crippen LogP contribution in [-0.2, 0) is 0 Å². The second kappa shape index (κ2) is 7.96. The summed E-state index contributed by atoms with van der Waals surface area (Å²) in [5.74, 6) is 0.536. The van der Waals surface area contributed by atoms with E-state index in [-0.39, 0.29) is 0 Å². The second-order valence-electron chi connectivity index (χ2n) is 8.18. The Balaban J connectivity index is 1.61. The molecule has 0 saturated carbocycles. The topological polar surface area (TPSA) is 56.5 Å². The number of nitrogens with zero attached hydrogens (tertiary/aromatic N) is 1. The highest BCUT2D eigenvalue weighted by Crippen LogP contribution is 2.31. The maximum absolute atomic E-state index is 4.68. The van der Waals surface area contributed by atoms with Crippen molar-refractivity contribution in [2.75, 3.05) is 13.1 Å². The molecule has 152 valence electrons. The van der Waals surface area contributed by atoms with Gasteiger partial charge in [-0.2, -0.15) is 5.10 Å². The number of H-pyrrole nitrogens is 2. The molecular formula is C26H28N4. The molecule has 2 aromatic heterocycles. The lowest BCUT2D eigenvalue weighted by atomic mass is 9.90. The van der Waals surface area contributed by atoms with Crippen molar-refractivity contribution in [1.82, 2.24) is 20.5 Å². The summed E-state index contributed by atoms with van der Waals surface area (Å²) in [4.78, 5) is 3.60. The molecule has 0 radical (unpaired) electrons. The standard InChI is InChI=1S/C26H28N4/c1-3-23-22(15-17(2)18-11-13-27-14-12-18)26(30-29-23)25-16-21-20(19-7-4-5-8-19)9-6-10-24(21)28-25/h3-4,6-10,15-16,18,27-29H,2,5,11-14H2,1H3/b22-15+,23-3+. The Labute approximate surface area is 176 Å². The van der Waals surface area contributed by atoms with Gasteiger partial charge in [0, 0.05) is 16.1 Å². The van der Waals surface area contributed by atoms with Crippen LogP contribution in [0.4, 0.5) is 0 Å². The van der Waals surface area contributed by atoms with E-state index in [0.29, 0.717) is 5.92 Å². The summed E-state index contributed by atoms with van der Waals surface area (Å²) in [7, 11) is 0. The molecule has 0 bridgehead atoms. The van der Waals surface area contributed by atoms with Crippen molar-refractivity contribution in [3.05, 3.63) is 70.8 Å². The maximum atomic E-state index is 4.68. The van der Waals surface area contributed by atoms with E-state index in [0.717, 1.165) is 59.8 Å². The molecule has 3 heterocycles. The van der Waals surface area contributed by atoms with Crippen LogP contribution in [-0.4, -0.2) is 28.3 Å². The van der Waals surface area contributed by atoms with Gasteiger partial charge in [-0.3, -0.25) is 5.10 Å². The van der Waals surface area contributed by atoms with Gasteiger partial charge in [-0.15, -0.1) is 0 Å². The number of aromatic nitrogens is 3. The number of hydrogen-bond acceptors (Lipinski definition) is 2. The van der Waals surface area contributed by atoms with Crippen molar-refractivity contribution in [3.63, 3.8) is 0 Å². The van der Waals surface area contributed by atoms with Crippen LogP contribution >= 0.6 is 0 Å². The third-order valence-electron chi connectivity index (χ3n) is 6.32. The average molecular weight is 397 g/mol. The molecule has 1 fully saturated rings. The molecule has 1 aliphatic carbocycles. The van der Waals surface area contributed by atoms with Gasteiger partial charge >= 0.3 is 0 Å². The first-order valence-corrected chi connectivity index (χ1v) is 10.9. The molecule has 1 aliphatic heterocycles. The molecule has 30 heavy (non-hydrogen) atoms. The molecule has 1 aromatic carbocycles. The molecule has 4 nitrogen and oxygen atoms in total. The molecule has 0 unspecified atom stereocenters. The van der Waals surface area contributed by atoms with Gasteiger partial charge in [0.15, 0.2) is 0 Å². The minimum absolute atomic E-state index is 0.536. The van der Waals surface area contributed by atoms with Crippen LogP contribution in [0.3, 0.4) is 0 Å². The predicted molar refractivity (Wildman–Crippen MR) is 126 cm³/mol. The van der Waals surface area contributed by atoms with E-state index < -0.39 is 0 Å². The van der Waals surface area contributed by atoms with Crippen LogP contribution in [0.5, 0.6) is 0 Å². The SMILES string of the molecule is C=C(/C=c1/c(-c2cc3c(C4=CCC=C4)cccc3[nH]2)n[nH]/c1=C/C)C1CCNCC1. The Kier molecular flexibility index (Phi) is 5.01. The zero-order chi connectivity index (χ0) is 20.5. The highest BCUT2D eigenvalue weighted by atomic mass is 15.1. The van der Waals surface area contributed by atoms with Crippen molar-refractivity contribution >= 4 is 28.6 Å². The Bertz CT molecular complexity index is 1280. The van der Waals surface area contributed by atoms with Gasteiger partial charge in [-0.05, 0) is 74.5 Å². The van der Waals surface area contributed by atoms with Gasteiger partial charge < -0.3 is 10.3 Å². The summed E-state index contributed by atoms with van der Waals surface area (Å²) < 4.78 is 0. The molecule has 4 heteroatoms. The van der Waals surface area contributed by atoms with Gasteiger partial charge in [-0.25, -0.2) is 0 Å². The van der Waals surface area contributed by atoms with Crippen molar-refractivity contribution in [1.29, 1.82) is 0 Å². The summed E-state index contributed by atoms with van der Waals surface area (Å²) in [5.41, 5.74) is 6.88. The van der Waals surface area contributed by atoms with Crippen molar-refractivity contribution in [2.45, 2.75) is 26.2 Å². The van der Waals surface area contributed by atoms with E-state index in [1.54, 1.807) is 0 Å². The lowest BCUT2D eigenvalue weighted by molar-refractivity contribution is 0.428. The molecule has 0 amide bonds. The first-order chi connectivity index (χ1) is 14.7. The average Bonchev–Trinajstić information content (AvgIpc) is 3.53. The maximum Gasteiger partial charge on any atom is 0.116 e. The predicted octanol–water partition coefficient (Wildman–Crippen LogP) is 4.04. The van der Waals surface area contributed by atoms with Crippen LogP contribution in [0, 0.1) is 5.92 Å². The molecule has 3 N–H and O–H groups in total. The molecule has 2 aliphatic rings. The summed E-state index contributed by atoms with van der Waals surface area (Å²) in [6.07, 6.45) is 14.3. The number of hydrogen-bond donors (Lipinski definition) is 3. The Morgan fingerprint density at radius 3 is 2.87 bits per heavy atom. The first-order valence-electron chi connectivity index (χ1n) is 10.9. The molecule has 0 spiro atoms. The zero-order valence-corrected chi connectivity index (χ0v) is 17.5. The van der Waals surface area contributed by atoms with Crippen molar-refractivity contribution in [3.8, 4) is 11.4 Å². The van der Waals surface area contributed by atoms with Gasteiger partial charge in [0.05, 0.1) is 11.0 Å². The third-order valence-corrected chi connectivity index (χ3v) is 6.32. The molecule has 1 saturated heterocycles. The molecular weight excluding hydrogens is 368 g/mol. The van der Waals surface area contributed by atoms with Crippen LogP contribution in [0.15, 0.2) is 54.6 Å². The van der Waals surface area contributed by atoms with Crippen molar-refractivity contribution in [2.24, 2.45) is 5.92 Å².